The van der Waals surface area contributed by atoms with E-state index in [1.54, 1.807) is 36.5 Å². The lowest BCUT2D eigenvalue weighted by molar-refractivity contribution is -0.140. The number of carbonyl (C=O) groups excluding carboxylic acids is 1. The van der Waals surface area contributed by atoms with Gasteiger partial charge in [-0.05, 0) is 55.9 Å². The second-order valence-corrected chi connectivity index (χ2v) is 7.58. The van der Waals surface area contributed by atoms with Gasteiger partial charge in [0, 0.05) is 31.2 Å². The van der Waals surface area contributed by atoms with Crippen LogP contribution in [0.3, 0.4) is 0 Å². The number of rotatable bonds is 5. The van der Waals surface area contributed by atoms with E-state index in [1.807, 2.05) is 0 Å². The summed E-state index contributed by atoms with van der Waals surface area (Å²) in [5.41, 5.74) is -0.0940. The maximum atomic E-state index is 13.0. The first-order valence-electron chi connectivity index (χ1n) is 9.90. The number of imidazole rings is 1. The van der Waals surface area contributed by atoms with Crippen LogP contribution in [0.2, 0.25) is 0 Å². The topological polar surface area (TPSA) is 71.3 Å². The third kappa shape index (κ3) is 4.55. The van der Waals surface area contributed by atoms with Crippen LogP contribution < -0.4 is 10.6 Å². The number of nitrogens with zero attached hydrogens (tertiary/aromatic N) is 3. The summed E-state index contributed by atoms with van der Waals surface area (Å²) >= 11 is 0. The highest BCUT2D eigenvalue weighted by atomic mass is 19.4. The number of carbonyl (C=O) groups is 1. The van der Waals surface area contributed by atoms with Gasteiger partial charge in [-0.25, -0.2) is 4.98 Å². The highest BCUT2D eigenvalue weighted by Gasteiger charge is 2.34. The molecular formula is C21H22F3N5O. The molecule has 0 bridgehead atoms. The lowest BCUT2D eigenvalue weighted by atomic mass is 9.86. The number of nitrogens with one attached hydrogen (secondary N) is 2. The summed E-state index contributed by atoms with van der Waals surface area (Å²) in [5.74, 6) is 0.851. The second kappa shape index (κ2) is 8.33. The predicted octanol–water partition coefficient (Wildman–Crippen LogP) is 4.15. The molecule has 1 amide bonds. The molecule has 2 N–H and O–H groups in total. The summed E-state index contributed by atoms with van der Waals surface area (Å²) in [5, 5.41) is 6.32. The van der Waals surface area contributed by atoms with Gasteiger partial charge in [-0.2, -0.15) is 13.2 Å². The molecule has 1 fully saturated rings. The molecule has 3 heterocycles. The van der Waals surface area contributed by atoms with Gasteiger partial charge in [0.05, 0.1) is 5.56 Å². The zero-order valence-corrected chi connectivity index (χ0v) is 16.2. The van der Waals surface area contributed by atoms with Crippen molar-refractivity contribution >= 4 is 17.4 Å². The van der Waals surface area contributed by atoms with E-state index in [9.17, 15) is 18.0 Å². The Hall–Kier alpha value is -3.10. The Morgan fingerprint density at radius 1 is 1.13 bits per heavy atom. The smallest absolute Gasteiger partial charge is 0.368 e. The third-order valence-corrected chi connectivity index (χ3v) is 5.46. The Labute approximate surface area is 171 Å². The first kappa shape index (κ1) is 20.2. The van der Waals surface area contributed by atoms with Crippen molar-refractivity contribution in [1.29, 1.82) is 0 Å². The largest absolute Gasteiger partial charge is 0.434 e. The number of alkyl halides is 3. The molecule has 3 aromatic rings. The van der Waals surface area contributed by atoms with E-state index in [2.05, 4.69) is 20.6 Å². The monoisotopic (exact) mass is 417 g/mol. The highest BCUT2D eigenvalue weighted by Crippen LogP contribution is 2.30. The van der Waals surface area contributed by atoms with E-state index in [-0.39, 0.29) is 17.6 Å². The molecule has 0 unspecified atom stereocenters. The Bertz CT molecular complexity index is 1010. The van der Waals surface area contributed by atoms with Gasteiger partial charge in [-0.3, -0.25) is 14.2 Å². The molecule has 0 aromatic carbocycles. The van der Waals surface area contributed by atoms with E-state index in [0.717, 1.165) is 31.9 Å². The van der Waals surface area contributed by atoms with Crippen LogP contribution in [0.4, 0.5) is 19.0 Å². The molecule has 1 aliphatic carbocycles. The Kier molecular flexibility index (Phi) is 5.61. The van der Waals surface area contributed by atoms with Crippen molar-refractivity contribution in [1.82, 2.24) is 19.7 Å². The number of fused-ring (bicyclic) bond motifs is 1. The minimum absolute atomic E-state index is 0.129. The lowest BCUT2D eigenvalue weighted by Gasteiger charge is -2.30. The zero-order chi connectivity index (χ0) is 21.1. The van der Waals surface area contributed by atoms with Crippen molar-refractivity contribution in [2.24, 2.45) is 5.92 Å². The Morgan fingerprint density at radius 3 is 2.63 bits per heavy atom. The average Bonchev–Trinajstić information content (AvgIpc) is 3.20. The first-order chi connectivity index (χ1) is 14.4. The third-order valence-electron chi connectivity index (χ3n) is 5.46. The summed E-state index contributed by atoms with van der Waals surface area (Å²) in [7, 11) is 0. The highest BCUT2D eigenvalue weighted by molar-refractivity contribution is 5.93. The van der Waals surface area contributed by atoms with Crippen LogP contribution in [0, 0.1) is 5.92 Å². The minimum Gasteiger partial charge on any atom is -0.368 e. The van der Waals surface area contributed by atoms with Crippen LogP contribution in [-0.2, 0) is 6.18 Å². The molecule has 0 atom stereocenters. The fourth-order valence-electron chi connectivity index (χ4n) is 3.82. The molecule has 1 aliphatic rings. The van der Waals surface area contributed by atoms with Crippen molar-refractivity contribution in [3.63, 3.8) is 0 Å². The maximum absolute atomic E-state index is 13.0. The quantitative estimate of drug-likeness (QED) is 0.654. The summed E-state index contributed by atoms with van der Waals surface area (Å²) in [4.78, 5) is 19.8. The molecule has 6 nitrogen and oxygen atoms in total. The van der Waals surface area contributed by atoms with Gasteiger partial charge < -0.3 is 10.6 Å². The number of halogens is 3. The molecule has 4 rings (SSSR count). The van der Waals surface area contributed by atoms with E-state index >= 15 is 0 Å². The van der Waals surface area contributed by atoms with Crippen LogP contribution in [0.5, 0.6) is 0 Å². The standard InChI is InChI=1S/C21H22F3N5O/c22-21(23,24)17-13-29-18(4-1-5-19(29)28-17)27-16-8-6-14(7-9-16)11-26-20(30)15-3-2-10-25-12-15/h1-5,10,12-14,16,27H,6-9,11H2,(H,26,30). The minimum atomic E-state index is -4.47. The van der Waals surface area contributed by atoms with Gasteiger partial charge >= 0.3 is 6.18 Å². The predicted molar refractivity (Wildman–Crippen MR) is 106 cm³/mol. The fraction of sp³-hybridized carbons (Fsp3) is 0.381. The molecule has 0 aliphatic heterocycles. The molecule has 30 heavy (non-hydrogen) atoms. The summed E-state index contributed by atoms with van der Waals surface area (Å²) in [6.45, 7) is 0.604. The van der Waals surface area contributed by atoms with Crippen LogP contribution in [-0.4, -0.2) is 32.9 Å². The zero-order valence-electron chi connectivity index (χ0n) is 16.2. The Morgan fingerprint density at radius 2 is 1.93 bits per heavy atom. The molecule has 158 valence electrons. The van der Waals surface area contributed by atoms with Crippen molar-refractivity contribution < 1.29 is 18.0 Å². The SMILES string of the molecule is O=C(NCC1CCC(Nc2cccc3nc(C(F)(F)F)cn23)CC1)c1cccnc1. The van der Waals surface area contributed by atoms with Gasteiger partial charge in [0.25, 0.3) is 5.91 Å². The molecule has 0 radical (unpaired) electrons. The van der Waals surface area contributed by atoms with Crippen LogP contribution in [0.15, 0.2) is 48.9 Å². The summed E-state index contributed by atoms with van der Waals surface area (Å²) < 4.78 is 40.4. The first-order valence-corrected chi connectivity index (χ1v) is 9.90. The van der Waals surface area contributed by atoms with Gasteiger partial charge in [0.1, 0.15) is 11.5 Å². The number of hydrogen-bond donors (Lipinski definition) is 2. The summed E-state index contributed by atoms with van der Waals surface area (Å²) in [6.07, 6.45) is 3.34. The number of anilines is 1. The van der Waals surface area contributed by atoms with Gasteiger partial charge in [-0.1, -0.05) is 6.07 Å². The van der Waals surface area contributed by atoms with Crippen molar-refractivity contribution in [3.8, 4) is 0 Å². The molecule has 3 aromatic heterocycles. The number of hydrogen-bond acceptors (Lipinski definition) is 4. The average molecular weight is 417 g/mol. The van der Waals surface area contributed by atoms with Crippen LogP contribution >= 0.6 is 0 Å². The van der Waals surface area contributed by atoms with Crippen LogP contribution in [0.25, 0.3) is 5.65 Å². The lowest BCUT2D eigenvalue weighted by Crippen LogP contribution is -2.34. The van der Waals surface area contributed by atoms with Gasteiger partial charge in [0.2, 0.25) is 0 Å². The molecule has 0 spiro atoms. The van der Waals surface area contributed by atoms with E-state index in [0.29, 0.717) is 23.8 Å². The molecule has 1 saturated carbocycles. The van der Waals surface area contributed by atoms with Gasteiger partial charge in [0.15, 0.2) is 5.69 Å². The second-order valence-electron chi connectivity index (χ2n) is 7.58. The van der Waals surface area contributed by atoms with E-state index in [1.165, 1.54) is 10.6 Å². The molecular weight excluding hydrogens is 395 g/mol. The Balaban J connectivity index is 1.32. The normalized spacial score (nSPS) is 19.6. The number of aromatic nitrogens is 3. The summed E-state index contributed by atoms with van der Waals surface area (Å²) in [6, 6.07) is 8.63. The molecule has 0 saturated heterocycles. The van der Waals surface area contributed by atoms with Crippen molar-refractivity contribution in [3.05, 3.63) is 60.2 Å². The fourth-order valence-corrected chi connectivity index (χ4v) is 3.82. The van der Waals surface area contributed by atoms with Crippen molar-refractivity contribution in [2.45, 2.75) is 37.9 Å². The van der Waals surface area contributed by atoms with E-state index in [4.69, 9.17) is 0 Å². The molecule has 9 heteroatoms. The number of amides is 1. The maximum Gasteiger partial charge on any atom is 0.434 e. The van der Waals surface area contributed by atoms with E-state index < -0.39 is 11.9 Å². The van der Waals surface area contributed by atoms with Crippen LogP contribution in [0.1, 0.15) is 41.7 Å². The van der Waals surface area contributed by atoms with Gasteiger partial charge in [-0.15, -0.1) is 0 Å². The van der Waals surface area contributed by atoms with Crippen molar-refractivity contribution in [2.75, 3.05) is 11.9 Å². The number of pyridine rings is 2.